The summed E-state index contributed by atoms with van der Waals surface area (Å²) in [5.41, 5.74) is -1.07. The van der Waals surface area contributed by atoms with Crippen LogP contribution in [0.2, 0.25) is 5.04 Å². The average Bonchev–Trinajstić information content (AvgIpc) is 2.34. The van der Waals surface area contributed by atoms with Gasteiger partial charge < -0.3 is 14.1 Å². The highest BCUT2D eigenvalue weighted by molar-refractivity contribution is 6.31. The van der Waals surface area contributed by atoms with Crippen molar-refractivity contribution < 1.29 is 18.8 Å². The van der Waals surface area contributed by atoms with E-state index in [2.05, 4.69) is 20.8 Å². The van der Waals surface area contributed by atoms with Gasteiger partial charge in [0.1, 0.15) is 11.4 Å². The Kier molecular flexibility index (Phi) is 6.07. The number of piperidine rings is 1. The minimum absolute atomic E-state index is 0.167. The van der Waals surface area contributed by atoms with Crippen LogP contribution in [-0.2, 0) is 14.0 Å². The van der Waals surface area contributed by atoms with Gasteiger partial charge in [-0.05, 0) is 39.7 Å². The number of rotatable bonds is 3. The Balaban J connectivity index is 2.77. The Morgan fingerprint density at radius 2 is 1.70 bits per heavy atom. The Morgan fingerprint density at radius 1 is 1.13 bits per heavy atom. The molecule has 1 rings (SSSR count). The van der Waals surface area contributed by atoms with Crippen LogP contribution >= 0.6 is 0 Å². The van der Waals surface area contributed by atoms with Crippen molar-refractivity contribution in [3.8, 4) is 0 Å². The Labute approximate surface area is 143 Å². The molecule has 1 saturated heterocycles. The first-order valence-corrected chi connectivity index (χ1v) is 9.64. The Bertz CT molecular complexity index is 448. The Hall–Kier alpha value is -0.883. The lowest BCUT2D eigenvalue weighted by Crippen LogP contribution is -2.53. The molecule has 0 radical (unpaired) electrons. The van der Waals surface area contributed by atoms with Crippen LogP contribution in [-0.4, -0.2) is 50.8 Å². The van der Waals surface area contributed by atoms with Gasteiger partial charge in [-0.3, -0.25) is 4.79 Å². The van der Waals surface area contributed by atoms with E-state index < -0.39 is 21.0 Å². The van der Waals surface area contributed by atoms with Crippen LogP contribution in [0, 0.1) is 5.92 Å². The van der Waals surface area contributed by atoms with Crippen LogP contribution in [0.5, 0.6) is 0 Å². The van der Waals surface area contributed by atoms with Gasteiger partial charge in [-0.2, -0.15) is 0 Å². The monoisotopic (exact) mass is 343 g/mol. The highest BCUT2D eigenvalue weighted by Crippen LogP contribution is 2.31. The van der Waals surface area contributed by atoms with Gasteiger partial charge in [0.25, 0.3) is 0 Å². The van der Waals surface area contributed by atoms with Gasteiger partial charge in [0.2, 0.25) is 0 Å². The molecule has 1 aliphatic rings. The fourth-order valence-electron chi connectivity index (χ4n) is 2.44. The van der Waals surface area contributed by atoms with E-state index in [1.807, 2.05) is 34.6 Å². The van der Waals surface area contributed by atoms with Gasteiger partial charge in [0, 0.05) is 19.5 Å². The Morgan fingerprint density at radius 3 is 2.17 bits per heavy atom. The maximum Gasteiger partial charge on any atom is 0.410 e. The SMILES string of the molecule is CC(C)(C)OC(=O)N1CCC(=O)C(C(C)(C)O[SiH2]C(C)(C)C)C1. The van der Waals surface area contributed by atoms with Crippen LogP contribution < -0.4 is 0 Å². The highest BCUT2D eigenvalue weighted by Gasteiger charge is 2.42. The molecule has 1 atom stereocenters. The van der Waals surface area contributed by atoms with Crippen LogP contribution in [0.25, 0.3) is 0 Å². The summed E-state index contributed by atoms with van der Waals surface area (Å²) in [6, 6.07) is 0. The van der Waals surface area contributed by atoms with Gasteiger partial charge >= 0.3 is 6.09 Å². The zero-order chi connectivity index (χ0) is 18.1. The molecule has 0 aromatic rings. The van der Waals surface area contributed by atoms with Crippen molar-refractivity contribution in [2.45, 2.75) is 78.1 Å². The lowest BCUT2D eigenvalue weighted by molar-refractivity contribution is -0.133. The number of ketones is 1. The quantitative estimate of drug-likeness (QED) is 0.739. The van der Waals surface area contributed by atoms with Crippen molar-refractivity contribution in [1.29, 1.82) is 0 Å². The summed E-state index contributed by atoms with van der Waals surface area (Å²) >= 11 is 0. The molecular weight excluding hydrogens is 310 g/mol. The number of carbonyl (C=O) groups is 2. The van der Waals surface area contributed by atoms with E-state index in [9.17, 15) is 9.59 Å². The molecule has 23 heavy (non-hydrogen) atoms. The van der Waals surface area contributed by atoms with Crippen LogP contribution in [0.4, 0.5) is 4.79 Å². The molecule has 0 N–H and O–H groups in total. The summed E-state index contributed by atoms with van der Waals surface area (Å²) in [7, 11) is -0.773. The third kappa shape index (κ3) is 6.63. The van der Waals surface area contributed by atoms with Crippen LogP contribution in [0.15, 0.2) is 0 Å². The minimum atomic E-state index is -0.773. The van der Waals surface area contributed by atoms with Crippen molar-refractivity contribution in [3.05, 3.63) is 0 Å². The van der Waals surface area contributed by atoms with E-state index in [0.717, 1.165) is 0 Å². The van der Waals surface area contributed by atoms with E-state index in [0.29, 0.717) is 19.5 Å². The van der Waals surface area contributed by atoms with Gasteiger partial charge in [-0.25, -0.2) is 4.79 Å². The summed E-state index contributed by atoms with van der Waals surface area (Å²) in [6.07, 6.45) is 0.0206. The number of nitrogens with zero attached hydrogens (tertiary/aromatic N) is 1. The molecule has 0 bridgehead atoms. The summed E-state index contributed by atoms with van der Waals surface area (Å²) in [4.78, 5) is 26.3. The number of Topliss-reactive ketones (excluding diaryl/α,β-unsaturated/α-hetero) is 1. The van der Waals surface area contributed by atoms with Crippen LogP contribution in [0.1, 0.15) is 61.8 Å². The molecule has 6 heteroatoms. The molecule has 0 spiro atoms. The molecule has 0 aliphatic carbocycles. The third-order valence-electron chi connectivity index (χ3n) is 3.79. The first kappa shape index (κ1) is 20.2. The van der Waals surface area contributed by atoms with Gasteiger partial charge in [0.05, 0.1) is 11.5 Å². The van der Waals surface area contributed by atoms with E-state index in [4.69, 9.17) is 9.16 Å². The largest absolute Gasteiger partial charge is 0.444 e. The van der Waals surface area contributed by atoms with E-state index in [1.54, 1.807) is 4.90 Å². The molecule has 5 nitrogen and oxygen atoms in total. The molecular formula is C17H33NO4Si. The molecule has 134 valence electrons. The fourth-order valence-corrected chi connectivity index (χ4v) is 3.44. The molecule has 1 aliphatic heterocycles. The zero-order valence-electron chi connectivity index (χ0n) is 16.0. The predicted octanol–water partition coefficient (Wildman–Crippen LogP) is 2.91. The summed E-state index contributed by atoms with van der Waals surface area (Å²) in [6.45, 7) is 16.7. The maximum absolute atomic E-state index is 12.4. The van der Waals surface area contributed by atoms with Gasteiger partial charge in [-0.1, -0.05) is 20.8 Å². The second-order valence-electron chi connectivity index (χ2n) is 9.15. The second kappa shape index (κ2) is 6.93. The van der Waals surface area contributed by atoms with Crippen LogP contribution in [0.3, 0.4) is 0 Å². The first-order valence-electron chi connectivity index (χ1n) is 8.36. The number of hydrogen-bond acceptors (Lipinski definition) is 4. The van der Waals surface area contributed by atoms with Crippen molar-refractivity contribution in [1.82, 2.24) is 4.90 Å². The second-order valence-corrected chi connectivity index (χ2v) is 11.8. The highest BCUT2D eigenvalue weighted by atomic mass is 28.2. The van der Waals surface area contributed by atoms with Gasteiger partial charge in [-0.15, -0.1) is 0 Å². The number of hydrogen-bond donors (Lipinski definition) is 0. The molecule has 1 amide bonds. The summed E-state index contributed by atoms with van der Waals surface area (Å²) in [5.74, 6) is -0.115. The zero-order valence-corrected chi connectivity index (χ0v) is 17.4. The number of ether oxygens (including phenoxy) is 1. The van der Waals surface area contributed by atoms with E-state index in [1.165, 1.54) is 0 Å². The standard InChI is InChI=1S/C17H33NO4Si/c1-15(2,3)21-14(20)18-10-9-13(19)12(11-18)17(7,8)22-23-16(4,5)6/h12H,9-11,23H2,1-8H3. The summed E-state index contributed by atoms with van der Waals surface area (Å²) in [5, 5.41) is 0.167. The lowest BCUT2D eigenvalue weighted by atomic mass is 9.83. The van der Waals surface area contributed by atoms with E-state index >= 15 is 0 Å². The number of carbonyl (C=O) groups excluding carboxylic acids is 2. The summed E-state index contributed by atoms with van der Waals surface area (Å²) < 4.78 is 11.6. The predicted molar refractivity (Wildman–Crippen MR) is 94.3 cm³/mol. The van der Waals surface area contributed by atoms with Crippen molar-refractivity contribution in [3.63, 3.8) is 0 Å². The topological polar surface area (TPSA) is 55.8 Å². The molecule has 1 unspecified atom stereocenters. The third-order valence-corrected chi connectivity index (χ3v) is 5.54. The lowest BCUT2D eigenvalue weighted by Gasteiger charge is -2.41. The van der Waals surface area contributed by atoms with E-state index in [-0.39, 0.29) is 22.8 Å². The molecule has 1 fully saturated rings. The van der Waals surface area contributed by atoms with Crippen molar-refractivity contribution in [2.75, 3.05) is 13.1 Å². The minimum Gasteiger partial charge on any atom is -0.444 e. The first-order chi connectivity index (χ1) is 10.2. The normalized spacial score (nSPS) is 21.1. The molecule has 0 saturated carbocycles. The fraction of sp³-hybridized carbons (Fsp3) is 0.882. The van der Waals surface area contributed by atoms with Gasteiger partial charge in [0.15, 0.2) is 9.76 Å². The molecule has 0 aromatic heterocycles. The smallest absolute Gasteiger partial charge is 0.410 e. The van der Waals surface area contributed by atoms with Crippen molar-refractivity contribution >= 4 is 21.6 Å². The number of amides is 1. The average molecular weight is 344 g/mol. The molecule has 1 heterocycles. The molecule has 0 aromatic carbocycles. The number of likely N-dealkylation sites (tertiary alicyclic amines) is 1. The van der Waals surface area contributed by atoms with Crippen molar-refractivity contribution in [2.24, 2.45) is 5.92 Å². The maximum atomic E-state index is 12.4.